The minimum absolute atomic E-state index is 0.720. The molecule has 0 aliphatic heterocycles. The third kappa shape index (κ3) is 0.823. The highest BCUT2D eigenvalue weighted by Crippen LogP contribution is 2.20. The van der Waals surface area contributed by atoms with Gasteiger partial charge in [-0.2, -0.15) is 0 Å². The Balaban J connectivity index is 2.65. The van der Waals surface area contributed by atoms with Crippen molar-refractivity contribution >= 4 is 22.0 Å². The molecule has 2 heterocycles. The Kier molecular flexibility index (Phi) is 1.14. The zero-order chi connectivity index (χ0) is 8.67. The van der Waals surface area contributed by atoms with Crippen molar-refractivity contribution in [2.75, 3.05) is 0 Å². The second-order valence-corrected chi connectivity index (χ2v) is 2.75. The molecule has 1 aromatic carbocycles. The van der Waals surface area contributed by atoms with Crippen molar-refractivity contribution in [3.8, 4) is 0 Å². The molecule has 0 atom stereocenters. The van der Waals surface area contributed by atoms with Crippen LogP contribution in [0.2, 0.25) is 0 Å². The van der Waals surface area contributed by atoms with Crippen molar-refractivity contribution in [1.29, 1.82) is 0 Å². The first-order chi connectivity index (χ1) is 6.45. The van der Waals surface area contributed by atoms with Crippen LogP contribution in [0.25, 0.3) is 22.0 Å². The molecule has 0 saturated carbocycles. The Bertz CT molecular complexity index is 573. The molecule has 0 radical (unpaired) electrons. The number of benzene rings is 1. The van der Waals surface area contributed by atoms with Gasteiger partial charge in [-0.15, -0.1) is 10.2 Å². The molecule has 0 aliphatic carbocycles. The number of rotatable bonds is 0. The largest absolute Gasteiger partial charge is 0.462 e. The monoisotopic (exact) mass is 171 g/mol. The van der Waals surface area contributed by atoms with Crippen LogP contribution in [0.3, 0.4) is 0 Å². The number of hydrogen-bond donors (Lipinski definition) is 0. The lowest BCUT2D eigenvalue weighted by Crippen LogP contribution is -1.74. The SMILES string of the molecule is c1coc2c(c1)ccc1nnnc12. The molecule has 0 fully saturated rings. The summed E-state index contributed by atoms with van der Waals surface area (Å²) in [7, 11) is 0. The summed E-state index contributed by atoms with van der Waals surface area (Å²) in [5, 5.41) is 12.3. The van der Waals surface area contributed by atoms with E-state index in [0.717, 1.165) is 22.0 Å². The van der Waals surface area contributed by atoms with E-state index >= 15 is 0 Å². The highest BCUT2D eigenvalue weighted by Gasteiger charge is 2.04. The van der Waals surface area contributed by atoms with Gasteiger partial charge in [0.15, 0.2) is 11.1 Å². The standard InChI is InChI=1S/C9H5N3O/c1-2-6-3-4-7-8(11-12-10-7)9(6)13-5-1/h1-5H. The average molecular weight is 171 g/mol. The lowest BCUT2D eigenvalue weighted by atomic mass is 10.2. The van der Waals surface area contributed by atoms with E-state index < -0.39 is 0 Å². The third-order valence-corrected chi connectivity index (χ3v) is 1.98. The Labute approximate surface area is 73.2 Å². The van der Waals surface area contributed by atoms with E-state index in [1.807, 2.05) is 24.3 Å². The lowest BCUT2D eigenvalue weighted by molar-refractivity contribution is 0.606. The fraction of sp³-hybridized carbons (Fsp3) is 0. The average Bonchev–Trinajstić information content (AvgIpc) is 2.65. The summed E-state index contributed by atoms with van der Waals surface area (Å²) < 4.78 is 5.34. The van der Waals surface area contributed by atoms with Crippen LogP contribution < -0.4 is 0 Å². The Morgan fingerprint density at radius 1 is 1.08 bits per heavy atom. The zero-order valence-electron chi connectivity index (χ0n) is 6.64. The van der Waals surface area contributed by atoms with Gasteiger partial charge in [0.1, 0.15) is 5.52 Å². The summed E-state index contributed by atoms with van der Waals surface area (Å²) in [6.45, 7) is 0. The van der Waals surface area contributed by atoms with Gasteiger partial charge >= 0.3 is 0 Å². The van der Waals surface area contributed by atoms with Crippen molar-refractivity contribution < 1.29 is 4.42 Å². The Morgan fingerprint density at radius 3 is 3.08 bits per heavy atom. The van der Waals surface area contributed by atoms with Gasteiger partial charge in [-0.25, -0.2) is 0 Å². The van der Waals surface area contributed by atoms with Crippen LogP contribution in [-0.2, 0) is 0 Å². The van der Waals surface area contributed by atoms with Gasteiger partial charge in [-0.3, -0.25) is 0 Å². The molecule has 62 valence electrons. The van der Waals surface area contributed by atoms with Gasteiger partial charge in [0.2, 0.25) is 0 Å². The Morgan fingerprint density at radius 2 is 2.08 bits per heavy atom. The molecule has 0 unspecified atom stereocenters. The molecule has 0 spiro atoms. The minimum Gasteiger partial charge on any atom is -0.462 e. The molecule has 3 rings (SSSR count). The maximum absolute atomic E-state index is 5.34. The molecule has 0 bridgehead atoms. The van der Waals surface area contributed by atoms with E-state index in [1.54, 1.807) is 6.26 Å². The van der Waals surface area contributed by atoms with Crippen molar-refractivity contribution in [3.63, 3.8) is 0 Å². The highest BCUT2D eigenvalue weighted by atomic mass is 16.3. The van der Waals surface area contributed by atoms with Gasteiger partial charge in [0.25, 0.3) is 0 Å². The van der Waals surface area contributed by atoms with Crippen LogP contribution >= 0.6 is 0 Å². The van der Waals surface area contributed by atoms with Gasteiger partial charge in [-0.1, -0.05) is 0 Å². The normalized spacial score (nSPS) is 11.1. The van der Waals surface area contributed by atoms with E-state index in [0.29, 0.717) is 0 Å². The molecular formula is C9H5N3O. The summed E-state index contributed by atoms with van der Waals surface area (Å²) >= 11 is 0. The summed E-state index contributed by atoms with van der Waals surface area (Å²) in [5.41, 5.74) is 2.23. The maximum Gasteiger partial charge on any atom is 0.163 e. The predicted molar refractivity (Wildman–Crippen MR) is 47.1 cm³/mol. The second kappa shape index (κ2) is 2.26. The molecule has 13 heavy (non-hydrogen) atoms. The topological polar surface area (TPSA) is 51.8 Å². The third-order valence-electron chi connectivity index (χ3n) is 1.98. The molecule has 0 N–H and O–H groups in total. The van der Waals surface area contributed by atoms with Crippen molar-refractivity contribution in [3.05, 3.63) is 30.5 Å². The van der Waals surface area contributed by atoms with E-state index in [4.69, 9.17) is 4.42 Å². The van der Waals surface area contributed by atoms with Crippen LogP contribution in [0, 0.1) is 0 Å². The first-order valence-corrected chi connectivity index (χ1v) is 3.90. The smallest absolute Gasteiger partial charge is 0.163 e. The molecule has 0 saturated heterocycles. The summed E-state index contributed by atoms with van der Waals surface area (Å²) in [5.74, 6) is 0. The van der Waals surface area contributed by atoms with Crippen molar-refractivity contribution in [1.82, 2.24) is 15.4 Å². The Hall–Kier alpha value is -1.97. The first kappa shape index (κ1) is 6.54. The predicted octanol–water partition coefficient (Wildman–Crippen LogP) is 1.77. The van der Waals surface area contributed by atoms with Crippen LogP contribution in [0.1, 0.15) is 0 Å². The fourth-order valence-corrected chi connectivity index (χ4v) is 1.37. The van der Waals surface area contributed by atoms with E-state index in [2.05, 4.69) is 15.4 Å². The molecule has 0 aliphatic rings. The number of nitrogens with zero attached hydrogens (tertiary/aromatic N) is 3. The lowest BCUT2D eigenvalue weighted by Gasteiger charge is -1.94. The van der Waals surface area contributed by atoms with E-state index in [-0.39, 0.29) is 0 Å². The highest BCUT2D eigenvalue weighted by molar-refractivity contribution is 5.99. The second-order valence-electron chi connectivity index (χ2n) is 2.75. The molecule has 4 heteroatoms. The fourth-order valence-electron chi connectivity index (χ4n) is 1.37. The van der Waals surface area contributed by atoms with Gasteiger partial charge in [0.05, 0.1) is 6.26 Å². The number of aromatic nitrogens is 3. The van der Waals surface area contributed by atoms with Gasteiger partial charge in [0, 0.05) is 5.39 Å². The first-order valence-electron chi connectivity index (χ1n) is 3.90. The zero-order valence-corrected chi connectivity index (χ0v) is 6.64. The van der Waals surface area contributed by atoms with E-state index in [1.165, 1.54) is 0 Å². The van der Waals surface area contributed by atoms with Gasteiger partial charge in [-0.05, 0) is 29.5 Å². The molecule has 2 aromatic heterocycles. The molecule has 3 aromatic rings. The molecular weight excluding hydrogens is 166 g/mol. The van der Waals surface area contributed by atoms with Crippen LogP contribution in [0.4, 0.5) is 0 Å². The van der Waals surface area contributed by atoms with E-state index in [9.17, 15) is 0 Å². The molecule has 4 nitrogen and oxygen atoms in total. The molecule has 0 amide bonds. The van der Waals surface area contributed by atoms with Gasteiger partial charge < -0.3 is 4.42 Å². The van der Waals surface area contributed by atoms with Crippen LogP contribution in [0.5, 0.6) is 0 Å². The number of hydrogen-bond acceptors (Lipinski definition) is 4. The maximum atomic E-state index is 5.34. The quantitative estimate of drug-likeness (QED) is 0.517. The minimum atomic E-state index is 0.720. The number of fused-ring (bicyclic) bond motifs is 3. The van der Waals surface area contributed by atoms with Crippen molar-refractivity contribution in [2.45, 2.75) is 0 Å². The summed E-state index contributed by atoms with van der Waals surface area (Å²) in [6.07, 6.45) is 1.62. The van der Waals surface area contributed by atoms with Crippen LogP contribution in [0.15, 0.2) is 34.9 Å². The van der Waals surface area contributed by atoms with Crippen molar-refractivity contribution in [2.24, 2.45) is 0 Å². The summed E-state index contributed by atoms with van der Waals surface area (Å²) in [6, 6.07) is 7.63. The summed E-state index contributed by atoms with van der Waals surface area (Å²) in [4.78, 5) is 0. The van der Waals surface area contributed by atoms with Crippen LogP contribution in [-0.4, -0.2) is 15.4 Å².